The molecule has 0 radical (unpaired) electrons. The summed E-state index contributed by atoms with van der Waals surface area (Å²) in [6, 6.07) is 9.42. The van der Waals surface area contributed by atoms with Crippen molar-refractivity contribution >= 4 is 15.9 Å². The highest BCUT2D eigenvalue weighted by molar-refractivity contribution is 7.89. The SMILES string of the molecule is Cc1ccc(OCCNC(=O)C(C)NS(=O)(=O)c2cccc(C(F)(F)F)c2)cc1. The number of alkyl halides is 3. The molecule has 2 aromatic carbocycles. The maximum atomic E-state index is 12.8. The van der Waals surface area contributed by atoms with Crippen molar-refractivity contribution in [3.05, 3.63) is 59.7 Å². The molecular formula is C19H21F3N2O4S. The minimum Gasteiger partial charge on any atom is -0.492 e. The van der Waals surface area contributed by atoms with Crippen LogP contribution in [-0.4, -0.2) is 33.5 Å². The van der Waals surface area contributed by atoms with Gasteiger partial charge in [0, 0.05) is 0 Å². The summed E-state index contributed by atoms with van der Waals surface area (Å²) in [7, 11) is -4.31. The van der Waals surface area contributed by atoms with Gasteiger partial charge in [0.2, 0.25) is 15.9 Å². The zero-order chi connectivity index (χ0) is 21.7. The molecule has 10 heteroatoms. The average Bonchev–Trinajstić information content (AvgIpc) is 2.65. The third-order valence-electron chi connectivity index (χ3n) is 3.89. The summed E-state index contributed by atoms with van der Waals surface area (Å²) in [6.45, 7) is 3.53. The van der Waals surface area contributed by atoms with E-state index in [1.54, 1.807) is 12.1 Å². The summed E-state index contributed by atoms with van der Waals surface area (Å²) >= 11 is 0. The van der Waals surface area contributed by atoms with Crippen LogP contribution in [0.25, 0.3) is 0 Å². The molecule has 0 fully saturated rings. The average molecular weight is 430 g/mol. The van der Waals surface area contributed by atoms with E-state index in [4.69, 9.17) is 4.74 Å². The van der Waals surface area contributed by atoms with Gasteiger partial charge in [-0.05, 0) is 44.2 Å². The van der Waals surface area contributed by atoms with Gasteiger partial charge in [-0.25, -0.2) is 8.42 Å². The fourth-order valence-corrected chi connectivity index (χ4v) is 3.57. The molecule has 0 saturated carbocycles. The number of aryl methyl sites for hydroxylation is 1. The number of halogens is 3. The molecule has 0 aliphatic rings. The van der Waals surface area contributed by atoms with Crippen LogP contribution in [0.4, 0.5) is 13.2 Å². The van der Waals surface area contributed by atoms with E-state index in [1.807, 2.05) is 19.1 Å². The molecule has 2 N–H and O–H groups in total. The molecule has 0 aliphatic carbocycles. The number of carbonyl (C=O) groups excluding carboxylic acids is 1. The van der Waals surface area contributed by atoms with Gasteiger partial charge in [-0.1, -0.05) is 23.8 Å². The van der Waals surface area contributed by atoms with Crippen molar-refractivity contribution in [2.75, 3.05) is 13.2 Å². The number of amides is 1. The largest absolute Gasteiger partial charge is 0.492 e. The summed E-state index contributed by atoms with van der Waals surface area (Å²) in [5.74, 6) is -0.00352. The van der Waals surface area contributed by atoms with E-state index < -0.39 is 38.6 Å². The number of ether oxygens (including phenoxy) is 1. The van der Waals surface area contributed by atoms with E-state index in [0.29, 0.717) is 11.8 Å². The van der Waals surface area contributed by atoms with E-state index in [9.17, 15) is 26.4 Å². The van der Waals surface area contributed by atoms with Gasteiger partial charge in [0.1, 0.15) is 12.4 Å². The van der Waals surface area contributed by atoms with Crippen molar-refractivity contribution in [3.63, 3.8) is 0 Å². The number of rotatable bonds is 8. The maximum Gasteiger partial charge on any atom is 0.416 e. The van der Waals surface area contributed by atoms with Gasteiger partial charge in [-0.3, -0.25) is 4.79 Å². The maximum absolute atomic E-state index is 12.8. The number of hydrogen-bond acceptors (Lipinski definition) is 4. The van der Waals surface area contributed by atoms with Crippen LogP contribution in [0.15, 0.2) is 53.4 Å². The molecule has 2 aromatic rings. The van der Waals surface area contributed by atoms with Gasteiger partial charge in [0.15, 0.2) is 0 Å². The Kier molecular flexibility index (Phi) is 7.26. The molecular weight excluding hydrogens is 409 g/mol. The van der Waals surface area contributed by atoms with Gasteiger partial charge in [0.05, 0.1) is 23.0 Å². The lowest BCUT2D eigenvalue weighted by molar-refractivity contribution is -0.137. The van der Waals surface area contributed by atoms with Gasteiger partial charge in [0.25, 0.3) is 0 Å². The topological polar surface area (TPSA) is 84.5 Å². The Balaban J connectivity index is 1.88. The molecule has 0 saturated heterocycles. The van der Waals surface area contributed by atoms with Crippen LogP contribution in [0, 0.1) is 6.92 Å². The molecule has 0 bridgehead atoms. The Labute approximate surface area is 167 Å². The van der Waals surface area contributed by atoms with E-state index in [0.717, 1.165) is 23.8 Å². The lowest BCUT2D eigenvalue weighted by Crippen LogP contribution is -2.45. The van der Waals surface area contributed by atoms with E-state index in [-0.39, 0.29) is 13.2 Å². The summed E-state index contributed by atoms with van der Waals surface area (Å²) in [6.07, 6.45) is -4.67. The minimum absolute atomic E-state index is 0.127. The number of nitrogens with one attached hydrogen (secondary N) is 2. The number of benzene rings is 2. The number of carbonyl (C=O) groups is 1. The third-order valence-corrected chi connectivity index (χ3v) is 5.43. The zero-order valence-corrected chi connectivity index (χ0v) is 16.6. The van der Waals surface area contributed by atoms with Crippen LogP contribution in [0.3, 0.4) is 0 Å². The van der Waals surface area contributed by atoms with Crippen molar-refractivity contribution < 1.29 is 31.1 Å². The fraction of sp³-hybridized carbons (Fsp3) is 0.316. The highest BCUT2D eigenvalue weighted by Gasteiger charge is 2.32. The van der Waals surface area contributed by atoms with Crippen LogP contribution in [0.2, 0.25) is 0 Å². The monoisotopic (exact) mass is 430 g/mol. The zero-order valence-electron chi connectivity index (χ0n) is 15.8. The minimum atomic E-state index is -4.67. The Morgan fingerprint density at radius 2 is 1.79 bits per heavy atom. The van der Waals surface area contributed by atoms with Crippen molar-refractivity contribution in [1.82, 2.24) is 10.0 Å². The van der Waals surface area contributed by atoms with Crippen LogP contribution in [0.5, 0.6) is 5.75 Å². The molecule has 0 heterocycles. The van der Waals surface area contributed by atoms with Crippen molar-refractivity contribution in [3.8, 4) is 5.75 Å². The van der Waals surface area contributed by atoms with Crippen LogP contribution >= 0.6 is 0 Å². The lowest BCUT2D eigenvalue weighted by Gasteiger charge is -2.15. The summed E-state index contributed by atoms with van der Waals surface area (Å²) in [5, 5.41) is 2.50. The highest BCUT2D eigenvalue weighted by atomic mass is 32.2. The van der Waals surface area contributed by atoms with E-state index >= 15 is 0 Å². The van der Waals surface area contributed by atoms with E-state index in [1.165, 1.54) is 6.92 Å². The summed E-state index contributed by atoms with van der Waals surface area (Å²) in [5.41, 5.74) is -0.0155. The molecule has 0 spiro atoms. The Hall–Kier alpha value is -2.59. The Morgan fingerprint density at radius 1 is 1.14 bits per heavy atom. The van der Waals surface area contributed by atoms with Crippen molar-refractivity contribution in [2.45, 2.75) is 31.0 Å². The van der Waals surface area contributed by atoms with Gasteiger partial charge in [-0.15, -0.1) is 0 Å². The second-order valence-electron chi connectivity index (χ2n) is 6.32. The number of hydrogen-bond donors (Lipinski definition) is 2. The molecule has 29 heavy (non-hydrogen) atoms. The Morgan fingerprint density at radius 3 is 2.41 bits per heavy atom. The first kappa shape index (κ1) is 22.7. The molecule has 2 rings (SSSR count). The fourth-order valence-electron chi connectivity index (χ4n) is 2.32. The van der Waals surface area contributed by atoms with Crippen LogP contribution in [0.1, 0.15) is 18.1 Å². The van der Waals surface area contributed by atoms with E-state index in [2.05, 4.69) is 10.0 Å². The Bertz CT molecular complexity index is 945. The van der Waals surface area contributed by atoms with Gasteiger partial charge in [-0.2, -0.15) is 17.9 Å². The molecule has 0 aliphatic heterocycles. The summed E-state index contributed by atoms with van der Waals surface area (Å²) < 4.78 is 70.4. The summed E-state index contributed by atoms with van der Waals surface area (Å²) in [4.78, 5) is 11.5. The molecule has 6 nitrogen and oxygen atoms in total. The smallest absolute Gasteiger partial charge is 0.416 e. The first-order valence-electron chi connectivity index (χ1n) is 8.66. The number of sulfonamides is 1. The predicted octanol–water partition coefficient (Wildman–Crippen LogP) is 2.88. The van der Waals surface area contributed by atoms with Gasteiger partial charge >= 0.3 is 6.18 Å². The standard InChI is InChI=1S/C19H21F3N2O4S/c1-13-6-8-16(9-7-13)28-11-10-23-18(25)14(2)24-29(26,27)17-5-3-4-15(12-17)19(20,21)22/h3-9,12,14,24H,10-11H2,1-2H3,(H,23,25). The third kappa shape index (κ3) is 6.75. The van der Waals surface area contributed by atoms with Crippen molar-refractivity contribution in [2.24, 2.45) is 0 Å². The first-order valence-corrected chi connectivity index (χ1v) is 10.1. The molecule has 1 amide bonds. The van der Waals surface area contributed by atoms with Gasteiger partial charge < -0.3 is 10.1 Å². The van der Waals surface area contributed by atoms with Crippen LogP contribution < -0.4 is 14.8 Å². The first-order chi connectivity index (χ1) is 13.5. The lowest BCUT2D eigenvalue weighted by atomic mass is 10.2. The highest BCUT2D eigenvalue weighted by Crippen LogP contribution is 2.30. The second kappa shape index (κ2) is 9.27. The predicted molar refractivity (Wildman–Crippen MR) is 101 cm³/mol. The van der Waals surface area contributed by atoms with Crippen LogP contribution in [-0.2, 0) is 21.0 Å². The molecule has 158 valence electrons. The van der Waals surface area contributed by atoms with Crippen molar-refractivity contribution in [1.29, 1.82) is 0 Å². The normalized spacial score (nSPS) is 13.0. The molecule has 1 atom stereocenters. The molecule has 1 unspecified atom stereocenters. The second-order valence-corrected chi connectivity index (χ2v) is 8.04. The molecule has 0 aromatic heterocycles. The quantitative estimate of drug-likeness (QED) is 0.631.